The second-order valence-corrected chi connectivity index (χ2v) is 5.64. The number of thiophene rings is 1. The molecule has 2 heterocycles. The number of carbonyl (C=O) groups excluding carboxylic acids is 2. The van der Waals surface area contributed by atoms with Gasteiger partial charge in [-0.2, -0.15) is 0 Å². The van der Waals surface area contributed by atoms with Gasteiger partial charge in [-0.05, 0) is 18.6 Å². The van der Waals surface area contributed by atoms with Gasteiger partial charge in [-0.3, -0.25) is 9.59 Å². The van der Waals surface area contributed by atoms with Crippen LogP contribution in [0.1, 0.15) is 22.6 Å². The van der Waals surface area contributed by atoms with E-state index < -0.39 is 0 Å². The Hall–Kier alpha value is -1.84. The average molecular weight is 291 g/mol. The lowest BCUT2D eigenvalue weighted by Crippen LogP contribution is -2.37. The number of nitrogens with one attached hydrogen (secondary N) is 1. The molecule has 0 radical (unpaired) electrons. The van der Waals surface area contributed by atoms with E-state index in [0.717, 1.165) is 16.2 Å². The fraction of sp³-hybridized carbons (Fsp3) is 0.429. The van der Waals surface area contributed by atoms with Crippen LogP contribution in [0.4, 0.5) is 0 Å². The summed E-state index contributed by atoms with van der Waals surface area (Å²) in [6.07, 6.45) is 1.40. The molecule has 0 saturated carbocycles. The third kappa shape index (κ3) is 4.08. The molecular formula is C14H17N3O2S. The zero-order valence-electron chi connectivity index (χ0n) is 11.1. The van der Waals surface area contributed by atoms with Crippen LogP contribution in [-0.4, -0.2) is 36.3 Å². The maximum atomic E-state index is 11.8. The molecule has 5 nitrogen and oxygen atoms in total. The van der Waals surface area contributed by atoms with Crippen LogP contribution in [0, 0.1) is 11.8 Å². The zero-order valence-corrected chi connectivity index (χ0v) is 12.0. The number of nitrogens with zero attached hydrogens (tertiary/aromatic N) is 1. The summed E-state index contributed by atoms with van der Waals surface area (Å²) in [7, 11) is 0. The molecule has 1 aromatic heterocycles. The molecule has 1 saturated heterocycles. The van der Waals surface area contributed by atoms with Crippen molar-refractivity contribution in [3.63, 3.8) is 0 Å². The van der Waals surface area contributed by atoms with Crippen molar-refractivity contribution in [3.05, 3.63) is 21.9 Å². The Balaban J connectivity index is 1.78. The van der Waals surface area contributed by atoms with Crippen molar-refractivity contribution < 1.29 is 9.59 Å². The van der Waals surface area contributed by atoms with E-state index >= 15 is 0 Å². The highest BCUT2D eigenvalue weighted by atomic mass is 32.1. The van der Waals surface area contributed by atoms with Crippen molar-refractivity contribution in [2.45, 2.75) is 19.4 Å². The van der Waals surface area contributed by atoms with E-state index in [1.54, 1.807) is 4.90 Å². The lowest BCUT2D eigenvalue weighted by molar-refractivity contribution is -0.133. The minimum atomic E-state index is -0.122. The van der Waals surface area contributed by atoms with Gasteiger partial charge in [0.15, 0.2) is 0 Å². The lowest BCUT2D eigenvalue weighted by atomic mass is 10.4. The normalized spacial score (nSPS) is 14.1. The molecule has 20 heavy (non-hydrogen) atoms. The van der Waals surface area contributed by atoms with Crippen molar-refractivity contribution in [2.75, 3.05) is 19.6 Å². The van der Waals surface area contributed by atoms with Gasteiger partial charge in [0.05, 0.1) is 24.5 Å². The minimum absolute atomic E-state index is 0.0654. The molecule has 1 aliphatic heterocycles. The van der Waals surface area contributed by atoms with Crippen molar-refractivity contribution in [1.82, 2.24) is 10.2 Å². The van der Waals surface area contributed by atoms with Gasteiger partial charge >= 0.3 is 0 Å². The molecule has 1 fully saturated rings. The van der Waals surface area contributed by atoms with Crippen LogP contribution in [-0.2, 0) is 16.1 Å². The van der Waals surface area contributed by atoms with E-state index in [1.807, 2.05) is 12.1 Å². The first kappa shape index (κ1) is 14.6. The Labute approximate surface area is 122 Å². The molecule has 0 aromatic carbocycles. The monoisotopic (exact) mass is 291 g/mol. The summed E-state index contributed by atoms with van der Waals surface area (Å²) in [5.41, 5.74) is 5.31. The Kier molecular flexibility index (Phi) is 5.16. The van der Waals surface area contributed by atoms with E-state index in [1.165, 1.54) is 11.3 Å². The second-order valence-electron chi connectivity index (χ2n) is 4.47. The second kappa shape index (κ2) is 7.08. The molecule has 1 aliphatic rings. The smallest absolute Gasteiger partial charge is 0.239 e. The summed E-state index contributed by atoms with van der Waals surface area (Å²) < 4.78 is 0. The first-order valence-electron chi connectivity index (χ1n) is 6.51. The Morgan fingerprint density at radius 1 is 1.50 bits per heavy atom. The molecule has 0 spiro atoms. The van der Waals surface area contributed by atoms with Crippen LogP contribution >= 0.6 is 11.3 Å². The van der Waals surface area contributed by atoms with E-state index in [-0.39, 0.29) is 18.4 Å². The van der Waals surface area contributed by atoms with E-state index in [2.05, 4.69) is 17.2 Å². The Bertz CT molecular complexity index is 556. The largest absolute Gasteiger partial charge is 0.350 e. The highest BCUT2D eigenvalue weighted by Crippen LogP contribution is 2.15. The first-order valence-corrected chi connectivity index (χ1v) is 7.33. The third-order valence-electron chi connectivity index (χ3n) is 2.94. The fourth-order valence-corrected chi connectivity index (χ4v) is 2.79. The van der Waals surface area contributed by atoms with Gasteiger partial charge < -0.3 is 16.0 Å². The third-order valence-corrected chi connectivity index (χ3v) is 3.94. The van der Waals surface area contributed by atoms with Crippen LogP contribution in [0.2, 0.25) is 0 Å². The van der Waals surface area contributed by atoms with E-state index in [9.17, 15) is 9.59 Å². The summed E-state index contributed by atoms with van der Waals surface area (Å²) >= 11 is 1.53. The predicted molar refractivity (Wildman–Crippen MR) is 77.9 cm³/mol. The molecule has 1 aromatic rings. The fourth-order valence-electron chi connectivity index (χ4n) is 1.96. The quantitative estimate of drug-likeness (QED) is 0.783. The molecule has 0 unspecified atom stereocenters. The van der Waals surface area contributed by atoms with Gasteiger partial charge in [0.2, 0.25) is 11.8 Å². The van der Waals surface area contributed by atoms with Crippen LogP contribution in [0.3, 0.4) is 0 Å². The molecule has 2 amide bonds. The molecule has 106 valence electrons. The van der Waals surface area contributed by atoms with Gasteiger partial charge in [0.25, 0.3) is 0 Å². The maximum absolute atomic E-state index is 11.8. The lowest BCUT2D eigenvalue weighted by Gasteiger charge is -2.14. The number of likely N-dealkylation sites (tertiary alicyclic amines) is 1. The number of hydrogen-bond donors (Lipinski definition) is 2. The number of rotatable bonds is 4. The highest BCUT2D eigenvalue weighted by molar-refractivity contribution is 7.12. The van der Waals surface area contributed by atoms with E-state index in [4.69, 9.17) is 5.73 Å². The number of nitrogens with two attached hydrogens (primary N) is 1. The zero-order chi connectivity index (χ0) is 14.4. The van der Waals surface area contributed by atoms with E-state index in [0.29, 0.717) is 26.1 Å². The Morgan fingerprint density at radius 2 is 2.35 bits per heavy atom. The summed E-state index contributed by atoms with van der Waals surface area (Å²) in [5.74, 6) is 5.69. The maximum Gasteiger partial charge on any atom is 0.239 e. The summed E-state index contributed by atoms with van der Waals surface area (Å²) in [6, 6.07) is 3.85. The molecule has 6 heteroatoms. The number of amides is 2. The highest BCUT2D eigenvalue weighted by Gasteiger charge is 2.22. The molecule has 2 rings (SSSR count). The molecule has 0 bridgehead atoms. The van der Waals surface area contributed by atoms with Crippen molar-refractivity contribution in [3.8, 4) is 11.8 Å². The van der Waals surface area contributed by atoms with Crippen LogP contribution in [0.5, 0.6) is 0 Å². The standard InChI is InChI=1S/C14H17N3O2S/c15-7-1-3-11-5-6-12(20-11)9-16-13(18)10-17-8-2-4-14(17)19/h5-6H,2,4,7-10,15H2,(H,16,18). The van der Waals surface area contributed by atoms with Crippen LogP contribution in [0.25, 0.3) is 0 Å². The van der Waals surface area contributed by atoms with Gasteiger partial charge in [-0.25, -0.2) is 0 Å². The van der Waals surface area contributed by atoms with Crippen LogP contribution < -0.4 is 11.1 Å². The summed E-state index contributed by atoms with van der Waals surface area (Å²) in [6.45, 7) is 1.65. The van der Waals surface area contributed by atoms with Crippen molar-refractivity contribution >= 4 is 23.2 Å². The predicted octanol–water partition coefficient (Wildman–Crippen LogP) is 0.297. The number of carbonyl (C=O) groups is 2. The molecular weight excluding hydrogens is 274 g/mol. The van der Waals surface area contributed by atoms with Crippen molar-refractivity contribution in [2.24, 2.45) is 5.73 Å². The molecule has 0 atom stereocenters. The van der Waals surface area contributed by atoms with Gasteiger partial charge in [-0.1, -0.05) is 11.8 Å². The summed E-state index contributed by atoms with van der Waals surface area (Å²) in [4.78, 5) is 26.7. The van der Waals surface area contributed by atoms with Gasteiger partial charge in [-0.15, -0.1) is 11.3 Å². The first-order chi connectivity index (χ1) is 9.69. The SMILES string of the molecule is NCC#Cc1ccc(CNC(=O)CN2CCCC2=O)s1. The number of hydrogen-bond acceptors (Lipinski definition) is 4. The minimum Gasteiger partial charge on any atom is -0.350 e. The van der Waals surface area contributed by atoms with Crippen LogP contribution in [0.15, 0.2) is 12.1 Å². The Morgan fingerprint density at radius 3 is 3.05 bits per heavy atom. The van der Waals surface area contributed by atoms with Crippen molar-refractivity contribution in [1.29, 1.82) is 0 Å². The molecule has 3 N–H and O–H groups in total. The molecule has 0 aliphatic carbocycles. The average Bonchev–Trinajstić information content (AvgIpc) is 3.04. The van der Waals surface area contributed by atoms with Gasteiger partial charge in [0, 0.05) is 17.8 Å². The van der Waals surface area contributed by atoms with Gasteiger partial charge in [0.1, 0.15) is 0 Å². The summed E-state index contributed by atoms with van der Waals surface area (Å²) in [5, 5.41) is 2.82. The topological polar surface area (TPSA) is 75.4 Å².